The molecule has 6 nitrogen and oxygen atoms in total. The number of allylic oxidation sites excluding steroid dienone is 4. The molecule has 0 spiro atoms. The van der Waals surface area contributed by atoms with Crippen molar-refractivity contribution in [1.29, 1.82) is 0 Å². The summed E-state index contributed by atoms with van der Waals surface area (Å²) in [5, 5.41) is 35.6. The Kier molecular flexibility index (Phi) is 37.4. The van der Waals surface area contributed by atoms with Gasteiger partial charge in [0.2, 0.25) is 0 Å². The first-order chi connectivity index (χ1) is 9.40. The molecule has 0 unspecified atom stereocenters. The third-order valence-electron chi connectivity index (χ3n) is 0.813. The first-order valence-electron chi connectivity index (χ1n) is 6.41. The third-order valence-corrected chi connectivity index (χ3v) is 0.813. The van der Waals surface area contributed by atoms with Gasteiger partial charge < -0.3 is 20.4 Å². The Morgan fingerprint density at radius 2 is 1.09 bits per heavy atom. The summed E-state index contributed by atoms with van der Waals surface area (Å²) in [4.78, 5) is 20.0. The van der Waals surface area contributed by atoms with E-state index in [1.54, 1.807) is 20.8 Å². The van der Waals surface area contributed by atoms with Crippen LogP contribution in [-0.2, 0) is 31.3 Å². The number of rotatable bonds is 2. The molecule has 0 aliphatic heterocycles. The molecule has 0 aromatic heterocycles. The van der Waals surface area contributed by atoms with Crippen molar-refractivity contribution < 1.29 is 51.7 Å². The largest absolute Gasteiger partial charge is 2.00 e. The van der Waals surface area contributed by atoms with Crippen molar-refractivity contribution >= 4 is 11.6 Å². The van der Waals surface area contributed by atoms with Crippen LogP contribution in [0.25, 0.3) is 0 Å². The molecule has 0 amide bonds. The van der Waals surface area contributed by atoms with Gasteiger partial charge in [-0.3, -0.25) is 9.59 Å². The van der Waals surface area contributed by atoms with Crippen molar-refractivity contribution in [2.45, 2.75) is 54.6 Å². The number of aliphatic hydroxyl groups excluding tert-OH is 2. The number of hydrogen-bond donors (Lipinski definition) is 2. The predicted molar refractivity (Wildman–Crippen MR) is 79.0 cm³/mol. The molecular weight excluding hydrogens is 324 g/mol. The second kappa shape index (κ2) is 25.0. The number of ketones is 2. The molecule has 0 aliphatic rings. The average Bonchev–Trinajstić information content (AvgIpc) is 2.12. The first kappa shape index (κ1) is 32.9. The molecule has 22 heavy (non-hydrogen) atoms. The molecule has 128 valence electrons. The van der Waals surface area contributed by atoms with Crippen LogP contribution in [0, 0.1) is 0 Å². The minimum atomic E-state index is -0.187. The van der Waals surface area contributed by atoms with E-state index in [1.165, 1.54) is 27.7 Å². The summed E-state index contributed by atoms with van der Waals surface area (Å²) in [5.41, 5.74) is 0. The van der Waals surface area contributed by atoms with Gasteiger partial charge in [0.05, 0.1) is 0 Å². The van der Waals surface area contributed by atoms with Gasteiger partial charge in [-0.15, -0.1) is 11.5 Å². The summed E-state index contributed by atoms with van der Waals surface area (Å²) >= 11 is 0. The molecule has 0 bridgehead atoms. The number of aliphatic hydroxyl groups is 2. The Hall–Kier alpha value is -0.946. The minimum absolute atomic E-state index is 0. The first-order valence-corrected chi connectivity index (χ1v) is 6.41. The van der Waals surface area contributed by atoms with E-state index in [4.69, 9.17) is 10.2 Å². The van der Waals surface area contributed by atoms with Crippen molar-refractivity contribution in [3.63, 3.8) is 0 Å². The fourth-order valence-electron chi connectivity index (χ4n) is 0.572. The molecule has 0 atom stereocenters. The second-order valence-corrected chi connectivity index (χ2v) is 4.14. The van der Waals surface area contributed by atoms with Gasteiger partial charge in [0.1, 0.15) is 0 Å². The molecular formula is C15H28O6Ti. The van der Waals surface area contributed by atoms with Crippen molar-refractivity contribution in [2.24, 2.45) is 0 Å². The van der Waals surface area contributed by atoms with Crippen LogP contribution in [-0.4, -0.2) is 34.5 Å². The van der Waals surface area contributed by atoms with Gasteiger partial charge in [0, 0.05) is 12.7 Å². The number of carbonyl (C=O) groups excluding carboxylic acids is 2. The van der Waals surface area contributed by atoms with Crippen LogP contribution in [0.4, 0.5) is 0 Å². The van der Waals surface area contributed by atoms with Crippen LogP contribution >= 0.6 is 0 Å². The van der Waals surface area contributed by atoms with E-state index in [1.807, 2.05) is 0 Å². The Morgan fingerprint density at radius 1 is 0.955 bits per heavy atom. The van der Waals surface area contributed by atoms with Crippen LogP contribution in [0.3, 0.4) is 0 Å². The molecule has 0 aliphatic carbocycles. The van der Waals surface area contributed by atoms with Crippen molar-refractivity contribution in [2.75, 3.05) is 6.61 Å². The van der Waals surface area contributed by atoms with Gasteiger partial charge in [-0.05, 0) is 46.8 Å². The van der Waals surface area contributed by atoms with Gasteiger partial charge in [-0.1, -0.05) is 13.8 Å². The quantitative estimate of drug-likeness (QED) is 0.412. The zero-order valence-electron chi connectivity index (χ0n) is 14.5. The summed E-state index contributed by atoms with van der Waals surface area (Å²) in [5.74, 6) is -0.750. The summed E-state index contributed by atoms with van der Waals surface area (Å²) in [6, 6.07) is 0. The van der Waals surface area contributed by atoms with E-state index in [0.29, 0.717) is 0 Å². The van der Waals surface area contributed by atoms with E-state index in [2.05, 4.69) is 0 Å². The average molecular weight is 352 g/mol. The summed E-state index contributed by atoms with van der Waals surface area (Å²) in [6.07, 6.45) is 1.94. The van der Waals surface area contributed by atoms with E-state index >= 15 is 0 Å². The van der Waals surface area contributed by atoms with Gasteiger partial charge >= 0.3 is 21.7 Å². The molecule has 0 heterocycles. The Labute approximate surface area is 148 Å². The van der Waals surface area contributed by atoms with Gasteiger partial charge in [-0.2, -0.15) is 0 Å². The standard InChI is InChI=1S/2C5H8O2.C3H8O.C2H6O.Ti/c2*1-4(6)3-5(2)7;1-3(2)4;1-2-3;/h2*3,6H,1-2H3;3-4H,1-2H3;3H,2H2,1H3;/q;;;;+2/p-2/b2*4-3-;;;. The fraction of sp³-hybridized carbons (Fsp3) is 0.600. The number of hydrogen-bond acceptors (Lipinski definition) is 6. The predicted octanol–water partition coefficient (Wildman–Crippen LogP) is 0.0622. The molecule has 0 radical (unpaired) electrons. The summed E-state index contributed by atoms with van der Waals surface area (Å²) in [6.45, 7) is 10.8. The van der Waals surface area contributed by atoms with Crippen LogP contribution in [0.1, 0.15) is 48.5 Å². The Bertz CT molecular complexity index is 283. The third kappa shape index (κ3) is 125. The van der Waals surface area contributed by atoms with E-state index in [-0.39, 0.29) is 57.5 Å². The van der Waals surface area contributed by atoms with E-state index < -0.39 is 0 Å². The van der Waals surface area contributed by atoms with Gasteiger partial charge in [0.25, 0.3) is 0 Å². The van der Waals surface area contributed by atoms with Crippen LogP contribution in [0.15, 0.2) is 23.7 Å². The van der Waals surface area contributed by atoms with Gasteiger partial charge in [0.15, 0.2) is 11.6 Å². The maximum absolute atomic E-state index is 9.98. The zero-order valence-corrected chi connectivity index (χ0v) is 16.0. The molecule has 0 rings (SSSR count). The van der Waals surface area contributed by atoms with Crippen LogP contribution in [0.2, 0.25) is 0 Å². The molecule has 7 heteroatoms. The topological polar surface area (TPSA) is 121 Å². The van der Waals surface area contributed by atoms with E-state index in [0.717, 1.165) is 12.2 Å². The van der Waals surface area contributed by atoms with Crippen molar-refractivity contribution in [1.82, 2.24) is 0 Å². The number of carbonyl (C=O) groups is 2. The minimum Gasteiger partial charge on any atom is -0.876 e. The molecule has 0 aromatic carbocycles. The molecule has 0 saturated heterocycles. The zero-order chi connectivity index (χ0) is 18.0. The fourth-order valence-corrected chi connectivity index (χ4v) is 0.572. The van der Waals surface area contributed by atoms with Crippen molar-refractivity contribution in [3.8, 4) is 0 Å². The molecule has 2 N–H and O–H groups in total. The summed E-state index contributed by atoms with van der Waals surface area (Å²) in [7, 11) is 0. The molecule has 0 aromatic rings. The molecule has 0 fully saturated rings. The van der Waals surface area contributed by atoms with Crippen LogP contribution < -0.4 is 10.2 Å². The SMILES string of the molecule is CC(=O)/C=C(/C)[O-].CC(=O)/C=C(/C)[O-].CC(C)O.CCO.[Ti+2]. The summed E-state index contributed by atoms with van der Waals surface area (Å²) < 4.78 is 0. The Morgan fingerprint density at radius 3 is 1.09 bits per heavy atom. The van der Waals surface area contributed by atoms with Crippen LogP contribution in [0.5, 0.6) is 0 Å². The normalized spacial score (nSPS) is 9.73. The Balaban J connectivity index is -0.0000000607. The monoisotopic (exact) mass is 352 g/mol. The molecule has 0 saturated carbocycles. The maximum Gasteiger partial charge on any atom is 2.00 e. The van der Waals surface area contributed by atoms with Crippen molar-refractivity contribution in [3.05, 3.63) is 23.7 Å². The van der Waals surface area contributed by atoms with E-state index in [9.17, 15) is 19.8 Å². The maximum atomic E-state index is 9.98. The smallest absolute Gasteiger partial charge is 0.876 e. The second-order valence-electron chi connectivity index (χ2n) is 4.14. The van der Waals surface area contributed by atoms with Gasteiger partial charge in [-0.25, -0.2) is 0 Å².